The van der Waals surface area contributed by atoms with Gasteiger partial charge in [-0.3, -0.25) is 4.57 Å². The van der Waals surface area contributed by atoms with Crippen molar-refractivity contribution in [3.8, 4) is 0 Å². The highest BCUT2D eigenvalue weighted by Crippen LogP contribution is 2.33. The van der Waals surface area contributed by atoms with Crippen molar-refractivity contribution in [2.24, 2.45) is 0 Å². The van der Waals surface area contributed by atoms with Crippen molar-refractivity contribution >= 4 is 28.7 Å². The van der Waals surface area contributed by atoms with Crippen molar-refractivity contribution in [2.75, 3.05) is 23.8 Å². The molecule has 0 radical (unpaired) electrons. The second-order valence-corrected chi connectivity index (χ2v) is 9.26. The number of aromatic nitrogens is 4. The molecule has 3 aromatic rings. The Bertz CT molecular complexity index is 1110. The van der Waals surface area contributed by atoms with E-state index in [-0.39, 0.29) is 24.0 Å². The normalized spacial score (nSPS) is 21.9. The zero-order valence-electron chi connectivity index (χ0n) is 19.1. The molecule has 176 valence electrons. The number of anilines is 3. The number of hydrogen-bond acceptors (Lipinski definition) is 7. The van der Waals surface area contributed by atoms with Gasteiger partial charge in [-0.2, -0.15) is 4.98 Å². The summed E-state index contributed by atoms with van der Waals surface area (Å²) in [4.78, 5) is 14.1. The fourth-order valence-corrected chi connectivity index (χ4v) is 4.93. The van der Waals surface area contributed by atoms with Crippen molar-refractivity contribution in [1.82, 2.24) is 19.5 Å². The van der Waals surface area contributed by atoms with Crippen molar-refractivity contribution in [2.45, 2.75) is 70.6 Å². The van der Waals surface area contributed by atoms with Crippen LogP contribution in [0.4, 0.5) is 22.0 Å². The summed E-state index contributed by atoms with van der Waals surface area (Å²) in [7, 11) is 0. The average molecular weight is 455 g/mol. The molecule has 3 heterocycles. The first kappa shape index (κ1) is 22.0. The van der Waals surface area contributed by atoms with E-state index >= 15 is 0 Å². The van der Waals surface area contributed by atoms with E-state index in [2.05, 4.69) is 20.2 Å². The molecule has 2 fully saturated rings. The standard InChI is InChI=1S/C24H31FN6O2/c1-14-11-15(2)21(19(25)12-14)29-24-28-20-13-26-23(27-16-3-5-18(32)6-4-16)30-22(20)31(24)17-7-9-33-10-8-17/h11-13,16-18,32H,3-10H2,1-2H3,(H,28,29)(H,26,27,30)/t16-,18-. The van der Waals surface area contributed by atoms with Crippen LogP contribution in [0.15, 0.2) is 18.3 Å². The molecule has 1 aliphatic heterocycles. The number of nitrogens with one attached hydrogen (secondary N) is 2. The fourth-order valence-electron chi connectivity index (χ4n) is 4.93. The van der Waals surface area contributed by atoms with E-state index in [9.17, 15) is 9.50 Å². The van der Waals surface area contributed by atoms with Crippen molar-refractivity contribution in [1.29, 1.82) is 0 Å². The second-order valence-electron chi connectivity index (χ2n) is 9.26. The molecule has 9 heteroatoms. The van der Waals surface area contributed by atoms with Crippen molar-refractivity contribution in [3.05, 3.63) is 35.3 Å². The van der Waals surface area contributed by atoms with Crippen LogP contribution in [0, 0.1) is 19.7 Å². The lowest BCUT2D eigenvalue weighted by molar-refractivity contribution is 0.0710. The fraction of sp³-hybridized carbons (Fsp3) is 0.542. The van der Waals surface area contributed by atoms with Crippen LogP contribution in [-0.4, -0.2) is 50.0 Å². The summed E-state index contributed by atoms with van der Waals surface area (Å²) in [6.07, 6.45) is 6.54. The topological polar surface area (TPSA) is 97.1 Å². The van der Waals surface area contributed by atoms with Gasteiger partial charge in [0, 0.05) is 25.3 Å². The summed E-state index contributed by atoms with van der Waals surface area (Å²) in [6.45, 7) is 5.11. The number of imidazole rings is 1. The largest absolute Gasteiger partial charge is 0.393 e. The number of hydrogen-bond donors (Lipinski definition) is 3. The highest BCUT2D eigenvalue weighted by Gasteiger charge is 2.25. The average Bonchev–Trinajstić information content (AvgIpc) is 3.15. The van der Waals surface area contributed by atoms with E-state index in [0.717, 1.165) is 55.3 Å². The van der Waals surface area contributed by atoms with Gasteiger partial charge < -0.3 is 20.5 Å². The first-order valence-corrected chi connectivity index (χ1v) is 11.8. The van der Waals surface area contributed by atoms with Crippen molar-refractivity contribution < 1.29 is 14.2 Å². The molecule has 2 aromatic heterocycles. The van der Waals surface area contributed by atoms with Crippen molar-refractivity contribution in [3.63, 3.8) is 0 Å². The van der Waals surface area contributed by atoms with Gasteiger partial charge in [0.05, 0.1) is 18.0 Å². The van der Waals surface area contributed by atoms with E-state index in [1.165, 1.54) is 6.07 Å². The quantitative estimate of drug-likeness (QED) is 0.526. The molecule has 1 aliphatic carbocycles. The summed E-state index contributed by atoms with van der Waals surface area (Å²) in [6, 6.07) is 3.87. The van der Waals surface area contributed by atoms with E-state index < -0.39 is 0 Å². The number of benzene rings is 1. The van der Waals surface area contributed by atoms with Gasteiger partial charge in [0.1, 0.15) is 11.3 Å². The minimum absolute atomic E-state index is 0.146. The maximum absolute atomic E-state index is 14.8. The van der Waals surface area contributed by atoms with Crippen LogP contribution < -0.4 is 10.6 Å². The Morgan fingerprint density at radius 2 is 1.82 bits per heavy atom. The molecule has 2 aliphatic rings. The van der Waals surface area contributed by atoms with Crippen LogP contribution in [0.3, 0.4) is 0 Å². The third-order valence-electron chi connectivity index (χ3n) is 6.69. The summed E-state index contributed by atoms with van der Waals surface area (Å²) >= 11 is 0. The lowest BCUT2D eigenvalue weighted by Gasteiger charge is -2.27. The molecule has 1 saturated heterocycles. The molecule has 3 N–H and O–H groups in total. The maximum atomic E-state index is 14.8. The molecular formula is C24H31FN6O2. The SMILES string of the molecule is Cc1cc(C)c(Nc2nc3cnc(N[C@H]4CC[C@H](O)CC4)nc3n2C2CCOCC2)c(F)c1. The zero-order chi connectivity index (χ0) is 22.9. The number of nitrogens with zero attached hydrogens (tertiary/aromatic N) is 4. The molecule has 0 bridgehead atoms. The van der Waals surface area contributed by atoms with Crippen LogP contribution in [-0.2, 0) is 4.74 Å². The van der Waals surface area contributed by atoms with Gasteiger partial charge in [-0.15, -0.1) is 0 Å². The maximum Gasteiger partial charge on any atom is 0.224 e. The Balaban J connectivity index is 1.51. The van der Waals surface area contributed by atoms with Gasteiger partial charge in [0.2, 0.25) is 11.9 Å². The van der Waals surface area contributed by atoms with E-state index in [1.807, 2.05) is 19.9 Å². The summed E-state index contributed by atoms with van der Waals surface area (Å²) in [5.74, 6) is 0.822. The van der Waals surface area contributed by atoms with E-state index in [1.54, 1.807) is 6.20 Å². The molecule has 0 atom stereocenters. The molecule has 33 heavy (non-hydrogen) atoms. The number of aliphatic hydroxyl groups is 1. The van der Waals surface area contributed by atoms with Gasteiger partial charge >= 0.3 is 0 Å². The van der Waals surface area contributed by atoms with Crippen LogP contribution >= 0.6 is 0 Å². The predicted molar refractivity (Wildman–Crippen MR) is 125 cm³/mol. The van der Waals surface area contributed by atoms with Gasteiger partial charge in [-0.25, -0.2) is 14.4 Å². The first-order chi connectivity index (χ1) is 16.0. The summed E-state index contributed by atoms with van der Waals surface area (Å²) in [5, 5.41) is 16.5. The lowest BCUT2D eigenvalue weighted by atomic mass is 9.93. The van der Waals surface area contributed by atoms with Gasteiger partial charge in [0.15, 0.2) is 5.65 Å². The van der Waals surface area contributed by atoms with E-state index in [4.69, 9.17) is 14.7 Å². The summed E-state index contributed by atoms with van der Waals surface area (Å²) in [5.41, 5.74) is 3.52. The van der Waals surface area contributed by atoms with Gasteiger partial charge in [0.25, 0.3) is 0 Å². The number of aliphatic hydroxyl groups excluding tert-OH is 1. The Hall–Kier alpha value is -2.78. The number of aryl methyl sites for hydroxylation is 2. The smallest absolute Gasteiger partial charge is 0.224 e. The Kier molecular flexibility index (Phi) is 6.16. The number of halogens is 1. The highest BCUT2D eigenvalue weighted by molar-refractivity contribution is 5.77. The van der Waals surface area contributed by atoms with E-state index in [0.29, 0.717) is 36.3 Å². The number of ether oxygens (including phenoxy) is 1. The Morgan fingerprint density at radius 1 is 1.06 bits per heavy atom. The molecule has 8 nitrogen and oxygen atoms in total. The van der Waals surface area contributed by atoms with Crippen LogP contribution in [0.2, 0.25) is 0 Å². The molecule has 1 aromatic carbocycles. The molecule has 1 saturated carbocycles. The Morgan fingerprint density at radius 3 is 2.55 bits per heavy atom. The number of rotatable bonds is 5. The minimum atomic E-state index is -0.300. The first-order valence-electron chi connectivity index (χ1n) is 11.8. The third-order valence-corrected chi connectivity index (χ3v) is 6.69. The van der Waals surface area contributed by atoms with Crippen LogP contribution in [0.25, 0.3) is 11.2 Å². The third kappa shape index (κ3) is 4.65. The molecule has 0 spiro atoms. The highest BCUT2D eigenvalue weighted by atomic mass is 19.1. The lowest BCUT2D eigenvalue weighted by Crippen LogP contribution is -2.29. The molecule has 0 amide bonds. The number of fused-ring (bicyclic) bond motifs is 1. The Labute approximate surface area is 192 Å². The molecule has 0 unspecified atom stereocenters. The summed E-state index contributed by atoms with van der Waals surface area (Å²) < 4.78 is 22.5. The van der Waals surface area contributed by atoms with Gasteiger partial charge in [-0.05, 0) is 69.6 Å². The molecular weight excluding hydrogens is 423 g/mol. The van der Waals surface area contributed by atoms with Crippen LogP contribution in [0.1, 0.15) is 55.7 Å². The zero-order valence-corrected chi connectivity index (χ0v) is 19.1. The second kappa shape index (κ2) is 9.23. The predicted octanol–water partition coefficient (Wildman–Crippen LogP) is 4.39. The minimum Gasteiger partial charge on any atom is -0.393 e. The van der Waals surface area contributed by atoms with Gasteiger partial charge in [-0.1, -0.05) is 6.07 Å². The van der Waals surface area contributed by atoms with Crippen LogP contribution in [0.5, 0.6) is 0 Å². The molecule has 5 rings (SSSR count). The monoisotopic (exact) mass is 454 g/mol.